The summed E-state index contributed by atoms with van der Waals surface area (Å²) in [6, 6.07) is 6.61. The van der Waals surface area contributed by atoms with Gasteiger partial charge in [-0.25, -0.2) is 4.39 Å². The molecule has 0 aliphatic heterocycles. The number of methoxy groups -OCH3 is 1. The second-order valence-corrected chi connectivity index (χ2v) is 3.88. The van der Waals surface area contributed by atoms with Gasteiger partial charge in [0.2, 0.25) is 0 Å². The molecule has 0 aliphatic rings. The smallest absolute Gasteiger partial charge is 0.319 e. The van der Waals surface area contributed by atoms with Gasteiger partial charge in [0.1, 0.15) is 5.82 Å². The van der Waals surface area contributed by atoms with E-state index < -0.39 is 0 Å². The predicted octanol–water partition coefficient (Wildman–Crippen LogP) is 2.21. The summed E-state index contributed by atoms with van der Waals surface area (Å²) >= 11 is 0. The third-order valence-corrected chi connectivity index (χ3v) is 2.47. The van der Waals surface area contributed by atoms with E-state index in [1.807, 2.05) is 11.8 Å². The Morgan fingerprint density at radius 1 is 1.41 bits per heavy atom. The SMILES string of the molecule is CCCN(CC(=O)OC)Cc1ccccc1F. The first-order valence-corrected chi connectivity index (χ1v) is 5.70. The number of carbonyl (C=O) groups is 1. The van der Waals surface area contributed by atoms with Crippen LogP contribution in [0.1, 0.15) is 18.9 Å². The van der Waals surface area contributed by atoms with Crippen molar-refractivity contribution in [3.8, 4) is 0 Å². The highest BCUT2D eigenvalue weighted by Crippen LogP contribution is 2.10. The zero-order chi connectivity index (χ0) is 12.7. The van der Waals surface area contributed by atoms with Crippen LogP contribution in [0.4, 0.5) is 4.39 Å². The van der Waals surface area contributed by atoms with Crippen LogP contribution in [-0.4, -0.2) is 31.1 Å². The van der Waals surface area contributed by atoms with Crippen LogP contribution in [0.3, 0.4) is 0 Å². The molecule has 1 aromatic carbocycles. The summed E-state index contributed by atoms with van der Waals surface area (Å²) in [5.74, 6) is -0.534. The molecule has 0 bridgehead atoms. The summed E-state index contributed by atoms with van der Waals surface area (Å²) in [5, 5.41) is 0. The van der Waals surface area contributed by atoms with E-state index in [0.717, 1.165) is 13.0 Å². The largest absolute Gasteiger partial charge is 0.468 e. The molecule has 3 nitrogen and oxygen atoms in total. The van der Waals surface area contributed by atoms with Crippen LogP contribution in [0.25, 0.3) is 0 Å². The van der Waals surface area contributed by atoms with Gasteiger partial charge in [-0.2, -0.15) is 0 Å². The highest BCUT2D eigenvalue weighted by atomic mass is 19.1. The summed E-state index contributed by atoms with van der Waals surface area (Å²) in [5.41, 5.74) is 0.602. The Labute approximate surface area is 101 Å². The molecule has 4 heteroatoms. The van der Waals surface area contributed by atoms with Crippen molar-refractivity contribution >= 4 is 5.97 Å². The Kier molecular flexibility index (Phi) is 5.63. The molecule has 17 heavy (non-hydrogen) atoms. The van der Waals surface area contributed by atoms with Gasteiger partial charge in [0.25, 0.3) is 0 Å². The number of ether oxygens (including phenoxy) is 1. The molecule has 0 spiro atoms. The van der Waals surface area contributed by atoms with Crippen molar-refractivity contribution in [1.29, 1.82) is 0 Å². The average molecular weight is 239 g/mol. The number of carbonyl (C=O) groups excluding carboxylic acids is 1. The lowest BCUT2D eigenvalue weighted by atomic mass is 10.2. The molecule has 0 heterocycles. The monoisotopic (exact) mass is 239 g/mol. The highest BCUT2D eigenvalue weighted by molar-refractivity contribution is 5.71. The third-order valence-electron chi connectivity index (χ3n) is 2.47. The Hall–Kier alpha value is -1.42. The minimum Gasteiger partial charge on any atom is -0.468 e. The molecule has 94 valence electrons. The molecule has 1 rings (SSSR count). The normalized spacial score (nSPS) is 10.6. The molecule has 0 aromatic heterocycles. The molecular formula is C13H18FNO2. The molecule has 0 N–H and O–H groups in total. The van der Waals surface area contributed by atoms with Gasteiger partial charge in [-0.3, -0.25) is 9.69 Å². The summed E-state index contributed by atoms with van der Waals surface area (Å²) in [4.78, 5) is 13.1. The van der Waals surface area contributed by atoms with Gasteiger partial charge < -0.3 is 4.74 Å². The van der Waals surface area contributed by atoms with Crippen molar-refractivity contribution in [2.24, 2.45) is 0 Å². The van der Waals surface area contributed by atoms with E-state index in [0.29, 0.717) is 12.1 Å². The summed E-state index contributed by atoms with van der Waals surface area (Å²) in [6.45, 7) is 3.38. The van der Waals surface area contributed by atoms with E-state index in [2.05, 4.69) is 4.74 Å². The van der Waals surface area contributed by atoms with Crippen LogP contribution < -0.4 is 0 Å². The fraction of sp³-hybridized carbons (Fsp3) is 0.462. The molecule has 0 saturated heterocycles. The van der Waals surface area contributed by atoms with E-state index in [1.54, 1.807) is 18.2 Å². The Bertz CT molecular complexity index is 368. The number of esters is 1. The van der Waals surface area contributed by atoms with Gasteiger partial charge in [0.05, 0.1) is 13.7 Å². The quantitative estimate of drug-likeness (QED) is 0.713. The van der Waals surface area contributed by atoms with Gasteiger partial charge in [0.15, 0.2) is 0 Å². The van der Waals surface area contributed by atoms with E-state index >= 15 is 0 Å². The highest BCUT2D eigenvalue weighted by Gasteiger charge is 2.12. The molecule has 0 aliphatic carbocycles. The zero-order valence-corrected chi connectivity index (χ0v) is 10.3. The standard InChI is InChI=1S/C13H18FNO2/c1-3-8-15(10-13(16)17-2)9-11-6-4-5-7-12(11)14/h4-7H,3,8-10H2,1-2H3. The van der Waals surface area contributed by atoms with Crippen LogP contribution in [0.15, 0.2) is 24.3 Å². The van der Waals surface area contributed by atoms with Crippen LogP contribution in [-0.2, 0) is 16.1 Å². The first kappa shape index (κ1) is 13.6. The second-order valence-electron chi connectivity index (χ2n) is 3.88. The maximum absolute atomic E-state index is 13.5. The zero-order valence-electron chi connectivity index (χ0n) is 10.3. The number of hydrogen-bond donors (Lipinski definition) is 0. The topological polar surface area (TPSA) is 29.5 Å². The Balaban J connectivity index is 2.66. The summed E-state index contributed by atoms with van der Waals surface area (Å²) < 4.78 is 18.1. The lowest BCUT2D eigenvalue weighted by molar-refractivity contribution is -0.142. The average Bonchev–Trinajstić information content (AvgIpc) is 2.32. The van der Waals surface area contributed by atoms with Crippen LogP contribution in [0.5, 0.6) is 0 Å². The summed E-state index contributed by atoms with van der Waals surface area (Å²) in [7, 11) is 1.36. The van der Waals surface area contributed by atoms with E-state index in [-0.39, 0.29) is 18.3 Å². The van der Waals surface area contributed by atoms with Gasteiger partial charge in [-0.05, 0) is 19.0 Å². The van der Waals surface area contributed by atoms with Crippen LogP contribution in [0, 0.1) is 5.82 Å². The van der Waals surface area contributed by atoms with Gasteiger partial charge in [-0.1, -0.05) is 25.1 Å². The van der Waals surface area contributed by atoms with Crippen molar-refractivity contribution in [3.05, 3.63) is 35.6 Å². The molecular weight excluding hydrogens is 221 g/mol. The molecule has 0 radical (unpaired) electrons. The lowest BCUT2D eigenvalue weighted by Crippen LogP contribution is -2.31. The van der Waals surface area contributed by atoms with Gasteiger partial charge >= 0.3 is 5.97 Å². The maximum Gasteiger partial charge on any atom is 0.319 e. The third kappa shape index (κ3) is 4.53. The van der Waals surface area contributed by atoms with Crippen molar-refractivity contribution < 1.29 is 13.9 Å². The molecule has 0 amide bonds. The van der Waals surface area contributed by atoms with E-state index in [9.17, 15) is 9.18 Å². The lowest BCUT2D eigenvalue weighted by Gasteiger charge is -2.20. The van der Waals surface area contributed by atoms with E-state index in [4.69, 9.17) is 0 Å². The molecule has 0 atom stereocenters. The number of hydrogen-bond acceptors (Lipinski definition) is 3. The van der Waals surface area contributed by atoms with Crippen LogP contribution in [0.2, 0.25) is 0 Å². The Morgan fingerprint density at radius 3 is 2.71 bits per heavy atom. The maximum atomic E-state index is 13.5. The molecule has 0 fully saturated rings. The molecule has 0 unspecified atom stereocenters. The van der Waals surface area contributed by atoms with E-state index in [1.165, 1.54) is 13.2 Å². The van der Waals surface area contributed by atoms with Crippen molar-refractivity contribution in [3.63, 3.8) is 0 Å². The van der Waals surface area contributed by atoms with Crippen molar-refractivity contribution in [2.75, 3.05) is 20.2 Å². The minimum absolute atomic E-state index is 0.193. The van der Waals surface area contributed by atoms with Gasteiger partial charge in [0, 0.05) is 12.1 Å². The first-order chi connectivity index (χ1) is 8.17. The number of rotatable bonds is 6. The fourth-order valence-corrected chi connectivity index (χ4v) is 1.64. The minimum atomic E-state index is -0.296. The van der Waals surface area contributed by atoms with Gasteiger partial charge in [-0.15, -0.1) is 0 Å². The van der Waals surface area contributed by atoms with Crippen LogP contribution >= 0.6 is 0 Å². The first-order valence-electron chi connectivity index (χ1n) is 5.70. The number of benzene rings is 1. The Morgan fingerprint density at radius 2 is 2.12 bits per heavy atom. The fourth-order valence-electron chi connectivity index (χ4n) is 1.64. The second kappa shape index (κ2) is 7.01. The van der Waals surface area contributed by atoms with Crippen molar-refractivity contribution in [2.45, 2.75) is 19.9 Å². The molecule has 1 aromatic rings. The molecule has 0 saturated carbocycles. The number of nitrogens with zero attached hydrogens (tertiary/aromatic N) is 1. The predicted molar refractivity (Wildman–Crippen MR) is 64.0 cm³/mol. The van der Waals surface area contributed by atoms with Crippen molar-refractivity contribution in [1.82, 2.24) is 4.90 Å². The number of halogens is 1. The summed E-state index contributed by atoms with van der Waals surface area (Å²) in [6.07, 6.45) is 0.908.